The van der Waals surface area contributed by atoms with Crippen LogP contribution in [-0.2, 0) is 9.40 Å². The highest BCUT2D eigenvalue weighted by Crippen LogP contribution is 2.04. The Morgan fingerprint density at radius 2 is 2.17 bits per heavy atom. The predicted molar refractivity (Wildman–Crippen MR) is 40.4 cm³/mol. The summed E-state index contributed by atoms with van der Waals surface area (Å²) >= 11 is 0. The number of hydrogen-bond donors (Lipinski definition) is 3. The highest BCUT2D eigenvalue weighted by atomic mass is 31.1. The van der Waals surface area contributed by atoms with E-state index in [4.69, 9.17) is 20.2 Å². The first kappa shape index (κ1) is 11.9. The molecule has 0 aliphatic rings. The number of rotatable bonds is 7. The minimum atomic E-state index is -0.993. The lowest BCUT2D eigenvalue weighted by Gasteiger charge is -2.13. The summed E-state index contributed by atoms with van der Waals surface area (Å²) in [5.74, 6) is 0. The van der Waals surface area contributed by atoms with E-state index in [9.17, 15) is 4.57 Å². The van der Waals surface area contributed by atoms with Gasteiger partial charge in [-0.15, -0.1) is 4.83 Å². The summed E-state index contributed by atoms with van der Waals surface area (Å²) in [4.78, 5) is 5.67. The summed E-state index contributed by atoms with van der Waals surface area (Å²) in [6, 6.07) is 0. The van der Waals surface area contributed by atoms with Gasteiger partial charge in [0.25, 0.3) is 8.61 Å². The van der Waals surface area contributed by atoms with Crippen molar-refractivity contribution in [2.24, 2.45) is 0 Å². The maximum atomic E-state index is 10.2. The standard InChI is InChI=1S/C5H12NO5P/c7-2-1-6(12-10)11-4-5(9)3-8/h5,7-9H,1-4H2. The third-order valence-electron chi connectivity index (χ3n) is 1.01. The molecule has 1 unspecified atom stereocenters. The van der Waals surface area contributed by atoms with Crippen LogP contribution in [0.5, 0.6) is 0 Å². The lowest BCUT2D eigenvalue weighted by Crippen LogP contribution is -2.26. The molecule has 0 amide bonds. The van der Waals surface area contributed by atoms with Gasteiger partial charge in [-0.2, -0.15) is 0 Å². The highest BCUT2D eigenvalue weighted by molar-refractivity contribution is 7.20. The Morgan fingerprint density at radius 3 is 2.58 bits per heavy atom. The second-order valence-corrected chi connectivity index (χ2v) is 2.62. The average Bonchev–Trinajstić information content (AvgIpc) is 2.11. The van der Waals surface area contributed by atoms with Gasteiger partial charge in [-0.25, -0.2) is 0 Å². The first-order valence-electron chi connectivity index (χ1n) is 3.38. The molecule has 3 N–H and O–H groups in total. The fourth-order valence-electron chi connectivity index (χ4n) is 0.439. The molecule has 0 aromatic carbocycles. The summed E-state index contributed by atoms with van der Waals surface area (Å²) in [7, 11) is -0.390. The van der Waals surface area contributed by atoms with Crippen molar-refractivity contribution in [3.05, 3.63) is 0 Å². The average molecular weight is 197 g/mol. The van der Waals surface area contributed by atoms with Crippen molar-refractivity contribution < 1.29 is 24.7 Å². The second kappa shape index (κ2) is 7.54. The van der Waals surface area contributed by atoms with Crippen LogP contribution in [0.15, 0.2) is 0 Å². The lowest BCUT2D eigenvalue weighted by atomic mass is 10.4. The Kier molecular flexibility index (Phi) is 7.48. The summed E-state index contributed by atoms with van der Waals surface area (Å²) in [5.41, 5.74) is 0. The van der Waals surface area contributed by atoms with Crippen molar-refractivity contribution in [2.75, 3.05) is 26.4 Å². The third kappa shape index (κ3) is 5.54. The molecular weight excluding hydrogens is 185 g/mol. The maximum Gasteiger partial charge on any atom is 0.275 e. The Balaban J connectivity index is 3.49. The van der Waals surface area contributed by atoms with Crippen LogP contribution in [0.4, 0.5) is 0 Å². The van der Waals surface area contributed by atoms with E-state index < -0.39 is 12.7 Å². The number of aliphatic hydroxyl groups excluding tert-OH is 3. The molecule has 0 radical (unpaired) electrons. The molecule has 0 aromatic heterocycles. The van der Waals surface area contributed by atoms with Crippen LogP contribution in [0.1, 0.15) is 0 Å². The Hall–Kier alpha value is -0.100. The van der Waals surface area contributed by atoms with E-state index >= 15 is 0 Å². The fraction of sp³-hybridized carbons (Fsp3) is 1.00. The van der Waals surface area contributed by atoms with E-state index in [0.29, 0.717) is 0 Å². The van der Waals surface area contributed by atoms with E-state index in [0.717, 1.165) is 4.83 Å². The zero-order chi connectivity index (χ0) is 9.40. The van der Waals surface area contributed by atoms with Crippen LogP contribution < -0.4 is 0 Å². The molecule has 0 aromatic rings. The summed E-state index contributed by atoms with van der Waals surface area (Å²) < 4.78 is 10.2. The molecule has 0 aliphatic carbocycles. The van der Waals surface area contributed by atoms with E-state index in [1.807, 2.05) is 0 Å². The van der Waals surface area contributed by atoms with Crippen LogP contribution in [-0.4, -0.2) is 52.6 Å². The van der Waals surface area contributed by atoms with E-state index in [1.54, 1.807) is 0 Å². The van der Waals surface area contributed by atoms with Gasteiger partial charge in [-0.3, -0.25) is 9.40 Å². The first-order valence-corrected chi connectivity index (χ1v) is 4.14. The number of hydroxylamine groups is 1. The van der Waals surface area contributed by atoms with Gasteiger partial charge in [0.05, 0.1) is 26.4 Å². The molecule has 0 bridgehead atoms. The van der Waals surface area contributed by atoms with E-state index in [2.05, 4.69) is 0 Å². The van der Waals surface area contributed by atoms with E-state index in [-0.39, 0.29) is 28.4 Å². The largest absolute Gasteiger partial charge is 0.395 e. The smallest absolute Gasteiger partial charge is 0.275 e. The van der Waals surface area contributed by atoms with E-state index in [1.165, 1.54) is 0 Å². The molecule has 0 saturated carbocycles. The molecule has 0 saturated heterocycles. The number of aliphatic hydroxyl groups is 3. The van der Waals surface area contributed by atoms with Gasteiger partial charge in [0.15, 0.2) is 0 Å². The second-order valence-electron chi connectivity index (χ2n) is 2.01. The Bertz CT molecular complexity index is 124. The summed E-state index contributed by atoms with van der Waals surface area (Å²) in [6.07, 6.45) is -0.993. The quantitative estimate of drug-likeness (QED) is 0.350. The molecular formula is C5H12NO5P. The van der Waals surface area contributed by atoms with Crippen molar-refractivity contribution in [1.29, 1.82) is 0 Å². The maximum absolute atomic E-state index is 10.2. The van der Waals surface area contributed by atoms with Crippen molar-refractivity contribution >= 4 is 8.61 Å². The zero-order valence-corrected chi connectivity index (χ0v) is 7.35. The molecule has 0 spiro atoms. The molecule has 6 nitrogen and oxygen atoms in total. The van der Waals surface area contributed by atoms with Crippen molar-refractivity contribution in [1.82, 2.24) is 4.83 Å². The van der Waals surface area contributed by atoms with Gasteiger partial charge in [-0.05, 0) is 0 Å². The Morgan fingerprint density at radius 1 is 1.50 bits per heavy atom. The van der Waals surface area contributed by atoms with Gasteiger partial charge < -0.3 is 15.3 Å². The minimum Gasteiger partial charge on any atom is -0.395 e. The predicted octanol–water partition coefficient (Wildman–Crippen LogP) is -1.23. The van der Waals surface area contributed by atoms with Gasteiger partial charge >= 0.3 is 0 Å². The van der Waals surface area contributed by atoms with Crippen LogP contribution in [0, 0.1) is 0 Å². The number of nitrogens with zero attached hydrogens (tertiary/aromatic N) is 1. The molecule has 0 aliphatic heterocycles. The molecule has 1 atom stereocenters. The van der Waals surface area contributed by atoms with Crippen LogP contribution in [0.25, 0.3) is 0 Å². The Labute approximate surface area is 71.6 Å². The van der Waals surface area contributed by atoms with Gasteiger partial charge in [-0.1, -0.05) is 0 Å². The van der Waals surface area contributed by atoms with Crippen molar-refractivity contribution in [3.63, 3.8) is 0 Å². The monoisotopic (exact) mass is 197 g/mol. The first-order chi connectivity index (χ1) is 5.74. The lowest BCUT2D eigenvalue weighted by molar-refractivity contribution is -0.122. The number of hydrogen-bond acceptors (Lipinski definition) is 5. The molecule has 72 valence electrons. The van der Waals surface area contributed by atoms with Crippen molar-refractivity contribution in [2.45, 2.75) is 6.10 Å². The SMILES string of the molecule is O=PN(CCO)OCC(O)CO. The summed E-state index contributed by atoms with van der Waals surface area (Å²) in [6.45, 7) is -0.665. The topological polar surface area (TPSA) is 90.2 Å². The molecule has 0 heterocycles. The van der Waals surface area contributed by atoms with Crippen LogP contribution >= 0.6 is 8.61 Å². The zero-order valence-electron chi connectivity index (χ0n) is 6.46. The minimum absolute atomic E-state index is 0.0865. The van der Waals surface area contributed by atoms with Crippen LogP contribution in [0.2, 0.25) is 0 Å². The summed E-state index contributed by atoms with van der Waals surface area (Å²) in [5, 5.41) is 25.6. The molecule has 12 heavy (non-hydrogen) atoms. The van der Waals surface area contributed by atoms with Crippen LogP contribution in [0.3, 0.4) is 0 Å². The molecule has 0 fully saturated rings. The molecule has 0 rings (SSSR count). The fourth-order valence-corrected chi connectivity index (χ4v) is 0.724. The van der Waals surface area contributed by atoms with Gasteiger partial charge in [0, 0.05) is 0 Å². The normalized spacial score (nSPS) is 14.0. The van der Waals surface area contributed by atoms with Gasteiger partial charge in [0.2, 0.25) is 0 Å². The molecule has 7 heteroatoms. The highest BCUT2D eigenvalue weighted by Gasteiger charge is 2.07. The van der Waals surface area contributed by atoms with Gasteiger partial charge in [0.1, 0.15) is 6.10 Å². The van der Waals surface area contributed by atoms with Crippen molar-refractivity contribution in [3.8, 4) is 0 Å². The third-order valence-corrected chi connectivity index (χ3v) is 1.51.